The van der Waals surface area contributed by atoms with Gasteiger partial charge in [0.15, 0.2) is 0 Å². The molecule has 0 aromatic heterocycles. The standard InChI is InChI=1S/C9H10F2O/c1-2-7-5-8(12-6-10)3-4-9(7)11/h3-5H,2,6H2,1H3. The molecule has 0 saturated heterocycles. The molecule has 3 heteroatoms. The molecule has 66 valence electrons. The van der Waals surface area contributed by atoms with Gasteiger partial charge in [0.1, 0.15) is 11.6 Å². The summed E-state index contributed by atoms with van der Waals surface area (Å²) in [6.45, 7) is 0.951. The van der Waals surface area contributed by atoms with Crippen LogP contribution in [-0.4, -0.2) is 6.86 Å². The molecule has 0 radical (unpaired) electrons. The number of hydrogen-bond acceptors (Lipinski definition) is 1. The molecule has 1 nitrogen and oxygen atoms in total. The Morgan fingerprint density at radius 1 is 1.42 bits per heavy atom. The molecule has 1 aromatic rings. The van der Waals surface area contributed by atoms with Gasteiger partial charge in [0.2, 0.25) is 6.86 Å². The van der Waals surface area contributed by atoms with Crippen molar-refractivity contribution in [2.75, 3.05) is 6.86 Å². The maximum absolute atomic E-state index is 12.9. The van der Waals surface area contributed by atoms with Crippen LogP contribution in [0.15, 0.2) is 18.2 Å². The fourth-order valence-corrected chi connectivity index (χ4v) is 0.975. The number of rotatable bonds is 3. The second-order valence-corrected chi connectivity index (χ2v) is 2.36. The predicted molar refractivity (Wildman–Crippen MR) is 42.4 cm³/mol. The van der Waals surface area contributed by atoms with E-state index in [0.29, 0.717) is 17.7 Å². The van der Waals surface area contributed by atoms with Crippen LogP contribution in [-0.2, 0) is 6.42 Å². The van der Waals surface area contributed by atoms with E-state index in [0.717, 1.165) is 0 Å². The monoisotopic (exact) mass is 172 g/mol. The topological polar surface area (TPSA) is 9.23 Å². The van der Waals surface area contributed by atoms with Gasteiger partial charge in [-0.1, -0.05) is 6.92 Å². The number of ether oxygens (including phenoxy) is 1. The second kappa shape index (κ2) is 4.04. The van der Waals surface area contributed by atoms with Gasteiger partial charge >= 0.3 is 0 Å². The molecule has 0 bridgehead atoms. The fourth-order valence-electron chi connectivity index (χ4n) is 0.975. The Kier molecular flexibility index (Phi) is 3.02. The molecule has 0 aliphatic rings. The minimum atomic E-state index is -0.880. The summed E-state index contributed by atoms with van der Waals surface area (Å²) >= 11 is 0. The Morgan fingerprint density at radius 2 is 2.17 bits per heavy atom. The van der Waals surface area contributed by atoms with Gasteiger partial charge < -0.3 is 4.74 Å². The number of hydrogen-bond donors (Lipinski definition) is 0. The maximum atomic E-state index is 12.9. The Balaban J connectivity index is 2.89. The molecule has 0 heterocycles. The van der Waals surface area contributed by atoms with Crippen molar-refractivity contribution in [2.24, 2.45) is 0 Å². The summed E-state index contributed by atoms with van der Waals surface area (Å²) in [5.41, 5.74) is 0.543. The maximum Gasteiger partial charge on any atom is 0.228 e. The minimum Gasteiger partial charge on any atom is -0.463 e. The number of benzene rings is 1. The molecule has 0 N–H and O–H groups in total. The lowest BCUT2D eigenvalue weighted by atomic mass is 10.1. The third kappa shape index (κ3) is 1.94. The first kappa shape index (κ1) is 8.97. The Morgan fingerprint density at radius 3 is 2.75 bits per heavy atom. The van der Waals surface area contributed by atoms with E-state index in [4.69, 9.17) is 0 Å². The van der Waals surface area contributed by atoms with Crippen LogP contribution >= 0.6 is 0 Å². The minimum absolute atomic E-state index is 0.274. The zero-order valence-electron chi connectivity index (χ0n) is 6.81. The van der Waals surface area contributed by atoms with Crippen LogP contribution in [0, 0.1) is 5.82 Å². The van der Waals surface area contributed by atoms with Crippen molar-refractivity contribution in [3.8, 4) is 5.75 Å². The molecule has 0 amide bonds. The van der Waals surface area contributed by atoms with E-state index in [1.807, 2.05) is 6.92 Å². The van der Waals surface area contributed by atoms with E-state index in [9.17, 15) is 8.78 Å². The van der Waals surface area contributed by atoms with Gasteiger partial charge in [-0.25, -0.2) is 8.78 Å². The van der Waals surface area contributed by atoms with Crippen LogP contribution in [0.25, 0.3) is 0 Å². The summed E-state index contributed by atoms with van der Waals surface area (Å²) in [6, 6.07) is 4.20. The van der Waals surface area contributed by atoms with E-state index in [1.165, 1.54) is 18.2 Å². The van der Waals surface area contributed by atoms with Crippen molar-refractivity contribution in [3.63, 3.8) is 0 Å². The van der Waals surface area contributed by atoms with Crippen molar-refractivity contribution in [1.29, 1.82) is 0 Å². The Labute approximate surface area is 70.0 Å². The lowest BCUT2D eigenvalue weighted by Gasteiger charge is -2.03. The van der Waals surface area contributed by atoms with Gasteiger partial charge in [0.25, 0.3) is 0 Å². The summed E-state index contributed by atoms with van der Waals surface area (Å²) in [4.78, 5) is 0. The van der Waals surface area contributed by atoms with E-state index < -0.39 is 6.86 Å². The van der Waals surface area contributed by atoms with Gasteiger partial charge in [-0.15, -0.1) is 0 Å². The number of alkyl halides is 1. The molecule has 0 aliphatic heterocycles. The second-order valence-electron chi connectivity index (χ2n) is 2.36. The van der Waals surface area contributed by atoms with Crippen molar-refractivity contribution in [2.45, 2.75) is 13.3 Å². The quantitative estimate of drug-likeness (QED) is 0.681. The zero-order chi connectivity index (χ0) is 8.97. The average Bonchev–Trinajstić information content (AvgIpc) is 2.09. The van der Waals surface area contributed by atoms with E-state index in [1.54, 1.807) is 0 Å². The van der Waals surface area contributed by atoms with Crippen molar-refractivity contribution in [1.82, 2.24) is 0 Å². The van der Waals surface area contributed by atoms with Crippen molar-refractivity contribution >= 4 is 0 Å². The van der Waals surface area contributed by atoms with Crippen LogP contribution in [0.3, 0.4) is 0 Å². The number of aryl methyl sites for hydroxylation is 1. The summed E-state index contributed by atoms with van der Waals surface area (Å²) in [5.74, 6) is 0.0967. The molecule has 0 aliphatic carbocycles. The Hall–Kier alpha value is -1.12. The zero-order valence-corrected chi connectivity index (χ0v) is 6.81. The van der Waals surface area contributed by atoms with Crippen molar-refractivity contribution < 1.29 is 13.5 Å². The molecule has 0 spiro atoms. The molecule has 0 fully saturated rings. The molecule has 0 atom stereocenters. The lowest BCUT2D eigenvalue weighted by molar-refractivity contribution is 0.191. The molecular formula is C9H10F2O. The first-order valence-corrected chi connectivity index (χ1v) is 3.75. The largest absolute Gasteiger partial charge is 0.463 e. The molecule has 0 saturated carbocycles. The third-order valence-corrected chi connectivity index (χ3v) is 1.62. The number of halogens is 2. The first-order valence-electron chi connectivity index (χ1n) is 3.75. The average molecular weight is 172 g/mol. The van der Waals surface area contributed by atoms with Gasteiger partial charge in [-0.05, 0) is 30.2 Å². The summed E-state index contributed by atoms with van der Waals surface area (Å²) in [5, 5.41) is 0. The van der Waals surface area contributed by atoms with Gasteiger partial charge in [0.05, 0.1) is 0 Å². The van der Waals surface area contributed by atoms with E-state index >= 15 is 0 Å². The molecule has 12 heavy (non-hydrogen) atoms. The van der Waals surface area contributed by atoms with Crippen LogP contribution < -0.4 is 4.74 Å². The highest BCUT2D eigenvalue weighted by molar-refractivity contribution is 5.29. The first-order chi connectivity index (χ1) is 5.77. The summed E-state index contributed by atoms with van der Waals surface area (Å²) in [7, 11) is 0. The van der Waals surface area contributed by atoms with Gasteiger partial charge in [-0.3, -0.25) is 0 Å². The van der Waals surface area contributed by atoms with E-state index in [-0.39, 0.29) is 5.82 Å². The van der Waals surface area contributed by atoms with Crippen molar-refractivity contribution in [3.05, 3.63) is 29.6 Å². The molecule has 1 rings (SSSR count). The molecule has 0 unspecified atom stereocenters. The summed E-state index contributed by atoms with van der Waals surface area (Å²) in [6.07, 6.45) is 0.579. The van der Waals surface area contributed by atoms with E-state index in [2.05, 4.69) is 4.74 Å². The lowest BCUT2D eigenvalue weighted by Crippen LogP contribution is -1.93. The molecular weight excluding hydrogens is 162 g/mol. The third-order valence-electron chi connectivity index (χ3n) is 1.62. The highest BCUT2D eigenvalue weighted by Gasteiger charge is 2.01. The highest BCUT2D eigenvalue weighted by atomic mass is 19.1. The summed E-state index contributed by atoms with van der Waals surface area (Å²) < 4.78 is 29.1. The van der Waals surface area contributed by atoms with Crippen LogP contribution in [0.5, 0.6) is 5.75 Å². The normalized spacial score (nSPS) is 9.92. The predicted octanol–water partition coefficient (Wildman–Crippen LogP) is 2.69. The highest BCUT2D eigenvalue weighted by Crippen LogP contribution is 2.17. The van der Waals surface area contributed by atoms with Gasteiger partial charge in [-0.2, -0.15) is 0 Å². The Bertz CT molecular complexity index is 261. The van der Waals surface area contributed by atoms with Gasteiger partial charge in [0, 0.05) is 0 Å². The fraction of sp³-hybridized carbons (Fsp3) is 0.333. The van der Waals surface area contributed by atoms with Crippen LogP contribution in [0.2, 0.25) is 0 Å². The van der Waals surface area contributed by atoms with Crippen LogP contribution in [0.4, 0.5) is 8.78 Å². The SMILES string of the molecule is CCc1cc(OCF)ccc1F. The van der Waals surface area contributed by atoms with Crippen LogP contribution in [0.1, 0.15) is 12.5 Å². The molecule has 1 aromatic carbocycles. The smallest absolute Gasteiger partial charge is 0.228 e.